The number of hydrogen-bond acceptors (Lipinski definition) is 5. The summed E-state index contributed by atoms with van der Waals surface area (Å²) in [6, 6.07) is 14.1. The summed E-state index contributed by atoms with van der Waals surface area (Å²) in [4.78, 5) is 31.7. The maximum Gasteiger partial charge on any atom is 0.254 e. The molecule has 0 saturated heterocycles. The fraction of sp³-hybridized carbons (Fsp3) is 0.200. The van der Waals surface area contributed by atoms with Crippen LogP contribution >= 0.6 is 0 Å². The Balaban J connectivity index is 1.80. The average Bonchev–Trinajstić information content (AvgIpc) is 3.23. The number of ether oxygens (including phenoxy) is 1. The van der Waals surface area contributed by atoms with Crippen LogP contribution < -0.4 is 10.1 Å². The number of amides is 2. The van der Waals surface area contributed by atoms with E-state index in [4.69, 9.17) is 4.74 Å². The van der Waals surface area contributed by atoms with E-state index in [1.54, 1.807) is 31.2 Å². The second kappa shape index (κ2) is 7.15. The van der Waals surface area contributed by atoms with Gasteiger partial charge in [-0.1, -0.05) is 30.3 Å². The summed E-state index contributed by atoms with van der Waals surface area (Å²) in [6.07, 6.45) is 1.32. The monoisotopic (exact) mass is 377 g/mol. The number of hydrogen-bond donors (Lipinski definition) is 2. The van der Waals surface area contributed by atoms with Gasteiger partial charge in [-0.25, -0.2) is 5.10 Å². The zero-order valence-electron chi connectivity index (χ0n) is 15.4. The highest BCUT2D eigenvalue weighted by Crippen LogP contribution is 2.42. The first-order chi connectivity index (χ1) is 13.6. The third kappa shape index (κ3) is 2.98. The Morgan fingerprint density at radius 3 is 2.61 bits per heavy atom. The van der Waals surface area contributed by atoms with Crippen LogP contribution in [0.5, 0.6) is 5.75 Å². The number of likely N-dealkylation sites (N-methyl/N-ethyl adjacent to an activating group) is 1. The van der Waals surface area contributed by atoms with E-state index in [-0.39, 0.29) is 17.8 Å². The Hall–Kier alpha value is -3.68. The summed E-state index contributed by atoms with van der Waals surface area (Å²) in [5.74, 6) is -0.0472. The number of aromatic nitrogens is 3. The molecule has 0 radical (unpaired) electrons. The Kier molecular flexibility index (Phi) is 4.52. The van der Waals surface area contributed by atoms with Gasteiger partial charge in [-0.05, 0) is 29.3 Å². The molecule has 2 amide bonds. The zero-order chi connectivity index (χ0) is 19.7. The lowest BCUT2D eigenvalue weighted by atomic mass is 9.79. The normalized spacial score (nSPS) is 18.5. The molecule has 1 aliphatic heterocycles. The van der Waals surface area contributed by atoms with Gasteiger partial charge < -0.3 is 9.64 Å². The number of nitrogens with zero attached hydrogens (tertiary/aromatic N) is 3. The van der Waals surface area contributed by atoms with E-state index in [2.05, 4.69) is 20.5 Å². The molecule has 8 heteroatoms. The first kappa shape index (κ1) is 17.7. The third-order valence-electron chi connectivity index (χ3n) is 4.98. The Morgan fingerprint density at radius 2 is 1.93 bits per heavy atom. The number of rotatable bonds is 4. The molecule has 0 unspecified atom stereocenters. The molecule has 0 fully saturated rings. The number of fused-ring (bicyclic) bond motifs is 1. The second-order valence-corrected chi connectivity index (χ2v) is 6.52. The van der Waals surface area contributed by atoms with Crippen LogP contribution in [0.15, 0.2) is 54.9 Å². The van der Waals surface area contributed by atoms with Crippen molar-refractivity contribution in [1.82, 2.24) is 20.1 Å². The van der Waals surface area contributed by atoms with Gasteiger partial charge in [0.25, 0.3) is 5.91 Å². The summed E-state index contributed by atoms with van der Waals surface area (Å²) >= 11 is 0. The number of methoxy groups -OCH3 is 1. The Morgan fingerprint density at radius 1 is 1.18 bits per heavy atom. The van der Waals surface area contributed by atoms with Crippen molar-refractivity contribution in [1.29, 1.82) is 0 Å². The van der Waals surface area contributed by atoms with Crippen LogP contribution in [-0.2, 0) is 4.79 Å². The Bertz CT molecular complexity index is 1000. The van der Waals surface area contributed by atoms with Crippen molar-refractivity contribution in [2.75, 3.05) is 19.5 Å². The van der Waals surface area contributed by atoms with Crippen molar-refractivity contribution in [3.63, 3.8) is 0 Å². The van der Waals surface area contributed by atoms with E-state index in [1.807, 2.05) is 36.4 Å². The second-order valence-electron chi connectivity index (χ2n) is 6.52. The van der Waals surface area contributed by atoms with Crippen LogP contribution in [0.3, 0.4) is 0 Å². The molecule has 1 aliphatic rings. The van der Waals surface area contributed by atoms with Crippen LogP contribution in [0.4, 0.5) is 5.95 Å². The molecule has 1 aromatic heterocycles. The van der Waals surface area contributed by atoms with E-state index in [0.717, 1.165) is 5.56 Å². The average molecular weight is 377 g/mol. The minimum absolute atomic E-state index is 0.125. The topological polar surface area (TPSA) is 100 Å². The molecule has 2 atom stereocenters. The molecule has 142 valence electrons. The molecule has 2 N–H and O–H groups in total. The maximum atomic E-state index is 13.2. The lowest BCUT2D eigenvalue weighted by molar-refractivity contribution is -0.119. The fourth-order valence-corrected chi connectivity index (χ4v) is 3.63. The molecule has 0 spiro atoms. The van der Waals surface area contributed by atoms with Gasteiger partial charge in [0.05, 0.1) is 19.1 Å². The first-order valence-electron chi connectivity index (χ1n) is 8.76. The predicted octanol–water partition coefficient (Wildman–Crippen LogP) is 2.36. The van der Waals surface area contributed by atoms with E-state index < -0.39 is 12.0 Å². The molecular formula is C20H19N5O3. The number of carbonyl (C=O) groups is 2. The first-order valence-corrected chi connectivity index (χ1v) is 8.76. The van der Waals surface area contributed by atoms with Crippen LogP contribution in [-0.4, -0.2) is 46.1 Å². The van der Waals surface area contributed by atoms with E-state index in [0.29, 0.717) is 16.9 Å². The van der Waals surface area contributed by atoms with Crippen molar-refractivity contribution in [2.45, 2.75) is 12.0 Å². The van der Waals surface area contributed by atoms with Crippen LogP contribution in [0, 0.1) is 0 Å². The van der Waals surface area contributed by atoms with E-state index in [1.165, 1.54) is 6.33 Å². The summed E-state index contributed by atoms with van der Waals surface area (Å²) in [5, 5.41) is 9.15. The molecular weight excluding hydrogens is 358 g/mol. The highest BCUT2D eigenvalue weighted by Gasteiger charge is 2.42. The number of carbonyl (C=O) groups excluding carboxylic acids is 2. The van der Waals surface area contributed by atoms with Crippen LogP contribution in [0.1, 0.15) is 33.4 Å². The molecule has 0 saturated carbocycles. The van der Waals surface area contributed by atoms with Crippen LogP contribution in [0.2, 0.25) is 0 Å². The van der Waals surface area contributed by atoms with Gasteiger partial charge in [0.1, 0.15) is 12.1 Å². The number of anilines is 1. The molecule has 0 bridgehead atoms. The van der Waals surface area contributed by atoms with Gasteiger partial charge in [-0.15, -0.1) is 0 Å². The van der Waals surface area contributed by atoms with Crippen molar-refractivity contribution in [3.05, 3.63) is 71.5 Å². The lowest BCUT2D eigenvalue weighted by Crippen LogP contribution is -2.44. The summed E-state index contributed by atoms with van der Waals surface area (Å²) < 4.78 is 5.23. The zero-order valence-corrected chi connectivity index (χ0v) is 15.4. The standard InChI is InChI=1S/C20H19N5O3/c1-25-17(12-7-9-13(28-2)10-8-12)16(18(26)23-20-21-11-22-24-20)14-5-3-4-6-15(14)19(25)27/h3-11,16-17H,1-2H3,(H2,21,22,23,24,26)/t16-,17-/m1/s1. The quantitative estimate of drug-likeness (QED) is 0.727. The molecule has 0 aliphatic carbocycles. The van der Waals surface area contributed by atoms with Gasteiger partial charge in [0.2, 0.25) is 11.9 Å². The largest absolute Gasteiger partial charge is 0.497 e. The van der Waals surface area contributed by atoms with Gasteiger partial charge >= 0.3 is 0 Å². The minimum Gasteiger partial charge on any atom is -0.497 e. The number of aromatic amines is 1. The predicted molar refractivity (Wildman–Crippen MR) is 102 cm³/mol. The Labute approximate surface area is 161 Å². The van der Waals surface area contributed by atoms with Crippen molar-refractivity contribution >= 4 is 17.8 Å². The number of H-pyrrole nitrogens is 1. The molecule has 2 heterocycles. The highest BCUT2D eigenvalue weighted by molar-refractivity contribution is 6.03. The lowest BCUT2D eigenvalue weighted by Gasteiger charge is -2.39. The molecule has 3 aromatic rings. The molecule has 8 nitrogen and oxygen atoms in total. The smallest absolute Gasteiger partial charge is 0.254 e. The van der Waals surface area contributed by atoms with Gasteiger partial charge in [0.15, 0.2) is 0 Å². The van der Waals surface area contributed by atoms with E-state index >= 15 is 0 Å². The fourth-order valence-electron chi connectivity index (χ4n) is 3.63. The summed E-state index contributed by atoms with van der Waals surface area (Å²) in [7, 11) is 3.30. The van der Waals surface area contributed by atoms with Crippen molar-refractivity contribution < 1.29 is 14.3 Å². The van der Waals surface area contributed by atoms with Crippen molar-refractivity contribution in [2.24, 2.45) is 0 Å². The highest BCUT2D eigenvalue weighted by atomic mass is 16.5. The maximum absolute atomic E-state index is 13.2. The SMILES string of the molecule is COc1ccc([C@@H]2[C@H](C(=O)Nc3ncn[nH]3)c3ccccc3C(=O)N2C)cc1. The molecule has 2 aromatic carbocycles. The molecule has 4 rings (SSSR count). The summed E-state index contributed by atoms with van der Waals surface area (Å²) in [6.45, 7) is 0. The minimum atomic E-state index is -0.614. The van der Waals surface area contributed by atoms with Crippen LogP contribution in [0.25, 0.3) is 0 Å². The van der Waals surface area contributed by atoms with Gasteiger partial charge in [-0.2, -0.15) is 10.1 Å². The van der Waals surface area contributed by atoms with Gasteiger partial charge in [-0.3, -0.25) is 14.9 Å². The molecule has 28 heavy (non-hydrogen) atoms. The number of nitrogens with one attached hydrogen (secondary N) is 2. The van der Waals surface area contributed by atoms with Crippen molar-refractivity contribution in [3.8, 4) is 5.75 Å². The third-order valence-corrected chi connectivity index (χ3v) is 4.98. The number of benzene rings is 2. The summed E-state index contributed by atoms with van der Waals surface area (Å²) in [5.41, 5.74) is 2.04. The van der Waals surface area contributed by atoms with Gasteiger partial charge in [0, 0.05) is 12.6 Å². The van der Waals surface area contributed by atoms with E-state index in [9.17, 15) is 9.59 Å².